The first kappa shape index (κ1) is 16.7. The highest BCUT2D eigenvalue weighted by atomic mass is 79.9. The van der Waals surface area contributed by atoms with Crippen molar-refractivity contribution in [3.63, 3.8) is 0 Å². The summed E-state index contributed by atoms with van der Waals surface area (Å²) < 4.78 is 0.995. The quantitative estimate of drug-likeness (QED) is 0.430. The molecule has 0 aromatic heterocycles. The van der Waals surface area contributed by atoms with Crippen LogP contribution < -0.4 is 0 Å². The van der Waals surface area contributed by atoms with E-state index >= 15 is 0 Å². The van der Waals surface area contributed by atoms with Crippen LogP contribution in [0.25, 0.3) is 17.2 Å². The van der Waals surface area contributed by atoms with Crippen LogP contribution in [0, 0.1) is 0 Å². The van der Waals surface area contributed by atoms with Crippen LogP contribution in [0.2, 0.25) is 0 Å². The van der Waals surface area contributed by atoms with Crippen LogP contribution in [0.5, 0.6) is 0 Å². The molecule has 0 amide bonds. The van der Waals surface area contributed by atoms with Gasteiger partial charge in [0.05, 0.1) is 5.92 Å². The largest absolute Gasteiger partial charge is 0.293 e. The van der Waals surface area contributed by atoms with Gasteiger partial charge in [-0.2, -0.15) is 0 Å². The number of ketones is 1. The summed E-state index contributed by atoms with van der Waals surface area (Å²) in [6, 6.07) is 21.0. The van der Waals surface area contributed by atoms with E-state index < -0.39 is 0 Å². The normalized spacial score (nSPS) is 18.8. The highest BCUT2D eigenvalue weighted by molar-refractivity contribution is 9.10. The fraction of sp³-hybridized carbons (Fsp3) is 0.160. The van der Waals surface area contributed by atoms with E-state index in [1.54, 1.807) is 0 Å². The maximum absolute atomic E-state index is 13.1. The minimum atomic E-state index is -0.219. The second kappa shape index (κ2) is 5.77. The molecule has 0 saturated carbocycles. The van der Waals surface area contributed by atoms with Crippen molar-refractivity contribution >= 4 is 27.8 Å². The Hall–Kier alpha value is -2.45. The molecule has 0 aliphatic heterocycles. The van der Waals surface area contributed by atoms with Crippen LogP contribution in [0.3, 0.4) is 0 Å². The first-order valence-corrected chi connectivity index (χ1v) is 10.0. The molecular formula is C25H19BrO. The van der Waals surface area contributed by atoms with Gasteiger partial charge in [-0.15, -0.1) is 0 Å². The Morgan fingerprint density at radius 2 is 1.59 bits per heavy atom. The number of carbonyl (C=O) groups is 1. The summed E-state index contributed by atoms with van der Waals surface area (Å²) in [7, 11) is 0. The number of Topliss-reactive ketones (excluding diaryl/α,β-unsaturated/α-hetero) is 1. The molecule has 0 spiro atoms. The zero-order valence-corrected chi connectivity index (χ0v) is 16.9. The van der Waals surface area contributed by atoms with Gasteiger partial charge < -0.3 is 0 Å². The average molecular weight is 415 g/mol. The number of hydrogen-bond donors (Lipinski definition) is 0. The van der Waals surface area contributed by atoms with Gasteiger partial charge in [0.2, 0.25) is 0 Å². The third-order valence-corrected chi connectivity index (χ3v) is 6.49. The van der Waals surface area contributed by atoms with Crippen molar-refractivity contribution in [1.29, 1.82) is 0 Å². The molecule has 27 heavy (non-hydrogen) atoms. The van der Waals surface area contributed by atoms with Crippen molar-refractivity contribution in [3.8, 4) is 11.1 Å². The first-order valence-electron chi connectivity index (χ1n) is 9.23. The number of rotatable bonds is 1. The lowest BCUT2D eigenvalue weighted by atomic mass is 9.79. The smallest absolute Gasteiger partial charge is 0.174 e. The van der Waals surface area contributed by atoms with Gasteiger partial charge in [-0.1, -0.05) is 84.4 Å². The molecule has 0 saturated heterocycles. The van der Waals surface area contributed by atoms with Gasteiger partial charge in [0.15, 0.2) is 5.78 Å². The molecule has 0 bridgehead atoms. The molecule has 1 unspecified atom stereocenters. The van der Waals surface area contributed by atoms with Gasteiger partial charge >= 0.3 is 0 Å². The Balaban J connectivity index is 1.61. The maximum atomic E-state index is 13.1. The third-order valence-electron chi connectivity index (χ3n) is 6.00. The van der Waals surface area contributed by atoms with Gasteiger partial charge in [-0.3, -0.25) is 4.79 Å². The zero-order valence-electron chi connectivity index (χ0n) is 15.3. The van der Waals surface area contributed by atoms with Crippen LogP contribution in [-0.4, -0.2) is 5.78 Å². The van der Waals surface area contributed by atoms with E-state index in [-0.39, 0.29) is 17.1 Å². The van der Waals surface area contributed by atoms with Crippen LogP contribution in [0.1, 0.15) is 52.4 Å². The second-order valence-corrected chi connectivity index (χ2v) is 8.82. The molecule has 132 valence electrons. The number of carbonyl (C=O) groups excluding carboxylic acids is 1. The molecule has 2 aliphatic carbocycles. The van der Waals surface area contributed by atoms with Gasteiger partial charge in [-0.25, -0.2) is 0 Å². The molecule has 3 aromatic carbocycles. The molecule has 0 heterocycles. The summed E-state index contributed by atoms with van der Waals surface area (Å²) in [5, 5.41) is 0. The lowest BCUT2D eigenvalue weighted by Crippen LogP contribution is -2.18. The van der Waals surface area contributed by atoms with E-state index in [0.29, 0.717) is 0 Å². The molecule has 0 N–H and O–H groups in total. The van der Waals surface area contributed by atoms with Crippen LogP contribution in [-0.2, 0) is 5.41 Å². The van der Waals surface area contributed by atoms with Gasteiger partial charge in [0.25, 0.3) is 0 Å². The zero-order chi connectivity index (χ0) is 18.8. The molecule has 5 rings (SSSR count). The number of benzene rings is 3. The van der Waals surface area contributed by atoms with Crippen molar-refractivity contribution < 1.29 is 4.79 Å². The van der Waals surface area contributed by atoms with Crippen molar-refractivity contribution in [2.24, 2.45) is 0 Å². The summed E-state index contributed by atoms with van der Waals surface area (Å²) in [4.78, 5) is 13.1. The predicted molar refractivity (Wildman–Crippen MR) is 114 cm³/mol. The lowest BCUT2D eigenvalue weighted by Gasteiger charge is -2.24. The second-order valence-electron chi connectivity index (χ2n) is 7.91. The Labute approximate surface area is 167 Å². The predicted octanol–water partition coefficient (Wildman–Crippen LogP) is 6.75. The van der Waals surface area contributed by atoms with Crippen molar-refractivity contribution in [1.82, 2.24) is 0 Å². The molecular weight excluding hydrogens is 396 g/mol. The standard InChI is InChI=1S/C25H19BrO/c1-25(2)22-6-4-3-5-20(22)21-11-8-16(14-23(21)25)18-10-7-15-13-17(26)9-12-19(15)24(18)27/h3-14,18H,1-2H3. The average Bonchev–Trinajstić information content (AvgIpc) is 2.89. The summed E-state index contributed by atoms with van der Waals surface area (Å²) >= 11 is 3.49. The summed E-state index contributed by atoms with van der Waals surface area (Å²) in [5.41, 5.74) is 8.08. The maximum Gasteiger partial charge on any atom is 0.174 e. The monoisotopic (exact) mass is 414 g/mol. The first-order chi connectivity index (χ1) is 13.0. The summed E-state index contributed by atoms with van der Waals surface area (Å²) in [6.45, 7) is 4.54. The third kappa shape index (κ3) is 2.40. The Kier molecular flexibility index (Phi) is 3.57. The van der Waals surface area contributed by atoms with E-state index in [4.69, 9.17) is 0 Å². The fourth-order valence-corrected chi connectivity index (χ4v) is 4.91. The van der Waals surface area contributed by atoms with E-state index in [0.717, 1.165) is 21.2 Å². The van der Waals surface area contributed by atoms with E-state index in [1.165, 1.54) is 22.3 Å². The van der Waals surface area contributed by atoms with Crippen molar-refractivity contribution in [2.75, 3.05) is 0 Å². The van der Waals surface area contributed by atoms with Gasteiger partial charge in [-0.05, 0) is 51.6 Å². The molecule has 1 nitrogen and oxygen atoms in total. The number of fused-ring (bicyclic) bond motifs is 4. The number of hydrogen-bond acceptors (Lipinski definition) is 1. The minimum absolute atomic E-state index is 0.0495. The SMILES string of the molecule is CC1(C)c2ccccc2-c2ccc(C3C=Cc4cc(Br)ccc4C3=O)cc21. The van der Waals surface area contributed by atoms with Crippen molar-refractivity contribution in [2.45, 2.75) is 25.2 Å². The molecule has 3 aromatic rings. The molecule has 2 heteroatoms. The fourth-order valence-electron chi connectivity index (χ4n) is 4.53. The van der Waals surface area contributed by atoms with Crippen molar-refractivity contribution in [3.05, 3.63) is 99.0 Å². The molecule has 0 radical (unpaired) electrons. The van der Waals surface area contributed by atoms with Crippen LogP contribution in [0.4, 0.5) is 0 Å². The highest BCUT2D eigenvalue weighted by Gasteiger charge is 2.36. The van der Waals surface area contributed by atoms with E-state index in [1.807, 2.05) is 24.3 Å². The van der Waals surface area contributed by atoms with Crippen LogP contribution >= 0.6 is 15.9 Å². The van der Waals surface area contributed by atoms with E-state index in [9.17, 15) is 4.79 Å². The number of allylic oxidation sites excluding steroid dienone is 1. The Morgan fingerprint density at radius 3 is 2.44 bits per heavy atom. The topological polar surface area (TPSA) is 17.1 Å². The van der Waals surface area contributed by atoms with Gasteiger partial charge in [0.1, 0.15) is 0 Å². The van der Waals surface area contributed by atoms with Crippen LogP contribution in [0.15, 0.2) is 71.2 Å². The Bertz CT molecular complexity index is 1140. The number of halogens is 1. The summed E-state index contributed by atoms with van der Waals surface area (Å²) in [5.74, 6) is -0.0447. The molecule has 2 aliphatic rings. The van der Waals surface area contributed by atoms with E-state index in [2.05, 4.69) is 78.3 Å². The van der Waals surface area contributed by atoms with Gasteiger partial charge in [0, 0.05) is 15.5 Å². The molecule has 0 fully saturated rings. The lowest BCUT2D eigenvalue weighted by molar-refractivity contribution is 0.0975. The minimum Gasteiger partial charge on any atom is -0.293 e. The molecule has 1 atom stereocenters. The Morgan fingerprint density at radius 1 is 0.852 bits per heavy atom. The summed E-state index contributed by atoms with van der Waals surface area (Å²) in [6.07, 6.45) is 4.10. The highest BCUT2D eigenvalue weighted by Crippen LogP contribution is 2.49.